The molecule has 4 heteroatoms. The van der Waals surface area contributed by atoms with E-state index in [0.717, 1.165) is 17.1 Å². The third-order valence-electron chi connectivity index (χ3n) is 16.2. The van der Waals surface area contributed by atoms with Gasteiger partial charge in [-0.15, -0.1) is 0 Å². The number of nitrogens with zero attached hydrogens (tertiary/aromatic N) is 3. The lowest BCUT2D eigenvalue weighted by atomic mass is 9.34. The largest absolute Gasteiger partial charge is 0.310 e. The van der Waals surface area contributed by atoms with Crippen LogP contribution in [-0.4, -0.2) is 15.8 Å². The summed E-state index contributed by atoms with van der Waals surface area (Å²) < 4.78 is 5.27. The van der Waals surface area contributed by atoms with E-state index in [4.69, 9.17) is 0 Å². The number of rotatable bonds is 7. The van der Waals surface area contributed by atoms with Gasteiger partial charge in [0.1, 0.15) is 0 Å². The Balaban J connectivity index is 1.09. The van der Waals surface area contributed by atoms with Crippen molar-refractivity contribution in [2.24, 2.45) is 0 Å². The fourth-order valence-corrected chi connectivity index (χ4v) is 13.1. The van der Waals surface area contributed by atoms with Gasteiger partial charge >= 0.3 is 0 Å². The molecule has 0 bridgehead atoms. The first-order valence-electron chi connectivity index (χ1n) is 25.7. The van der Waals surface area contributed by atoms with Crippen LogP contribution in [0, 0.1) is 0 Å². The number of hydrogen-bond donors (Lipinski definition) is 0. The summed E-state index contributed by atoms with van der Waals surface area (Å²) in [6, 6.07) is 88.2. The highest BCUT2D eigenvalue weighted by Gasteiger charge is 2.43. The van der Waals surface area contributed by atoms with Crippen molar-refractivity contribution in [3.8, 4) is 33.6 Å². The SMILES string of the molecule is C=C/C=C\c1ccc2c3c1c1c4ccccc4ccc1n3-c1ccc(N(c3ccc(-c4ccccc4)cc3)c3ccc(-c4ccccc4)cc3)c3c1B2c1cc2ccccc2c2c4c5ccccc5ccc4n-3c12. The Morgan fingerprint density at radius 2 is 0.919 bits per heavy atom. The summed E-state index contributed by atoms with van der Waals surface area (Å²) in [6.07, 6.45) is 6.21. The van der Waals surface area contributed by atoms with E-state index in [1.807, 2.05) is 6.08 Å². The van der Waals surface area contributed by atoms with E-state index in [-0.39, 0.29) is 6.71 Å². The average molecular weight is 938 g/mol. The Morgan fingerprint density at radius 3 is 1.53 bits per heavy atom. The highest BCUT2D eigenvalue weighted by Crippen LogP contribution is 2.49. The minimum atomic E-state index is -0.0964. The molecule has 0 saturated heterocycles. The maximum absolute atomic E-state index is 4.10. The molecular formula is C70H44BN3. The molecule has 4 heterocycles. The molecule has 342 valence electrons. The van der Waals surface area contributed by atoms with Crippen molar-refractivity contribution < 1.29 is 0 Å². The summed E-state index contributed by atoms with van der Waals surface area (Å²) in [5, 5.41) is 12.6. The number of hydrogen-bond acceptors (Lipinski definition) is 1. The van der Waals surface area contributed by atoms with Gasteiger partial charge in [0.2, 0.25) is 0 Å². The first kappa shape index (κ1) is 41.0. The zero-order chi connectivity index (χ0) is 48.6. The standard InChI is InChI=1S/C70H44BN3/c1-2-3-16-50-31-38-57-68-63(50)64-54-24-13-10-21-48(54)32-39-59(64)73(68)61-41-42-62(72(52-34-27-46(28-35-52)44-17-6-4-7-18-44)53-36-29-47(30-37-53)45-19-8-5-9-20-45)70-67(61)71(57)58-43-51-23-12-15-26-56(51)66-65-55-25-14-11-22-49(55)33-40-60(65)74(70)69(58)66/h2-43H,1H2/b16-3-. The van der Waals surface area contributed by atoms with Crippen LogP contribution in [0.25, 0.3) is 116 Å². The number of anilines is 3. The second-order valence-corrected chi connectivity index (χ2v) is 20.0. The van der Waals surface area contributed by atoms with Gasteiger partial charge in [-0.05, 0) is 125 Å². The molecule has 12 aromatic carbocycles. The molecule has 0 aliphatic carbocycles. The lowest BCUT2D eigenvalue weighted by molar-refractivity contribution is 1.13. The molecule has 74 heavy (non-hydrogen) atoms. The molecule has 2 aliphatic rings. The van der Waals surface area contributed by atoms with E-state index in [1.165, 1.54) is 132 Å². The Morgan fingerprint density at radius 1 is 0.405 bits per heavy atom. The molecule has 0 radical (unpaired) electrons. The summed E-state index contributed by atoms with van der Waals surface area (Å²) in [7, 11) is 0. The molecule has 0 atom stereocenters. The van der Waals surface area contributed by atoms with Crippen LogP contribution in [0.15, 0.2) is 255 Å². The molecule has 0 spiro atoms. The maximum Gasteiger partial charge on any atom is 0.252 e. The van der Waals surface area contributed by atoms with Gasteiger partial charge in [0, 0.05) is 44.1 Å². The normalized spacial score (nSPS) is 12.6. The molecule has 2 aliphatic heterocycles. The van der Waals surface area contributed by atoms with Crippen LogP contribution in [0.5, 0.6) is 0 Å². The van der Waals surface area contributed by atoms with Crippen molar-refractivity contribution in [3.63, 3.8) is 0 Å². The number of fused-ring (bicyclic) bond motifs is 16. The molecule has 0 N–H and O–H groups in total. The Labute approximate surface area is 428 Å². The fourth-order valence-electron chi connectivity index (χ4n) is 13.1. The molecule has 0 fully saturated rings. The minimum Gasteiger partial charge on any atom is -0.310 e. The molecule has 0 unspecified atom stereocenters. The second kappa shape index (κ2) is 15.7. The third kappa shape index (κ3) is 5.68. The molecule has 16 rings (SSSR count). The Hall–Kier alpha value is -9.64. The van der Waals surface area contributed by atoms with E-state index in [1.54, 1.807) is 0 Å². The van der Waals surface area contributed by atoms with E-state index in [0.29, 0.717) is 0 Å². The fraction of sp³-hybridized carbons (Fsp3) is 0. The van der Waals surface area contributed by atoms with Crippen LogP contribution < -0.4 is 21.3 Å². The molecular weight excluding hydrogens is 894 g/mol. The van der Waals surface area contributed by atoms with Crippen molar-refractivity contribution in [1.29, 1.82) is 0 Å². The third-order valence-corrected chi connectivity index (χ3v) is 16.2. The lowest BCUT2D eigenvalue weighted by Gasteiger charge is -2.37. The first-order chi connectivity index (χ1) is 36.7. The van der Waals surface area contributed by atoms with Crippen LogP contribution in [0.4, 0.5) is 17.1 Å². The van der Waals surface area contributed by atoms with Crippen molar-refractivity contribution in [3.05, 3.63) is 261 Å². The van der Waals surface area contributed by atoms with E-state index in [2.05, 4.69) is 269 Å². The zero-order valence-electron chi connectivity index (χ0n) is 40.4. The molecule has 0 saturated carbocycles. The first-order valence-corrected chi connectivity index (χ1v) is 25.7. The summed E-state index contributed by atoms with van der Waals surface area (Å²) in [5.41, 5.74) is 20.5. The summed E-state index contributed by atoms with van der Waals surface area (Å²) >= 11 is 0. The Kier molecular flexibility index (Phi) is 8.69. The van der Waals surface area contributed by atoms with Gasteiger partial charge in [-0.3, -0.25) is 0 Å². The zero-order valence-corrected chi connectivity index (χ0v) is 40.4. The predicted molar refractivity (Wildman–Crippen MR) is 317 cm³/mol. The summed E-state index contributed by atoms with van der Waals surface area (Å²) in [4.78, 5) is 2.51. The van der Waals surface area contributed by atoms with Crippen LogP contribution >= 0.6 is 0 Å². The topological polar surface area (TPSA) is 13.1 Å². The van der Waals surface area contributed by atoms with E-state index in [9.17, 15) is 0 Å². The van der Waals surface area contributed by atoms with Gasteiger partial charge in [-0.1, -0.05) is 213 Å². The van der Waals surface area contributed by atoms with Crippen LogP contribution in [0.3, 0.4) is 0 Å². The maximum atomic E-state index is 4.10. The van der Waals surface area contributed by atoms with Crippen LogP contribution in [0.1, 0.15) is 5.56 Å². The van der Waals surface area contributed by atoms with Crippen LogP contribution in [-0.2, 0) is 0 Å². The van der Waals surface area contributed by atoms with Crippen molar-refractivity contribution in [1.82, 2.24) is 9.13 Å². The number of aromatic nitrogens is 2. The van der Waals surface area contributed by atoms with Gasteiger partial charge in [0.25, 0.3) is 6.71 Å². The van der Waals surface area contributed by atoms with Crippen LogP contribution in [0.2, 0.25) is 0 Å². The van der Waals surface area contributed by atoms with Crippen molar-refractivity contribution in [2.75, 3.05) is 4.90 Å². The van der Waals surface area contributed by atoms with Gasteiger partial charge in [0.05, 0.1) is 27.9 Å². The monoisotopic (exact) mass is 937 g/mol. The predicted octanol–water partition coefficient (Wildman–Crippen LogP) is 16.5. The molecule has 14 aromatic rings. The van der Waals surface area contributed by atoms with Gasteiger partial charge in [-0.25, -0.2) is 0 Å². The average Bonchev–Trinajstić information content (AvgIpc) is 4.20. The smallest absolute Gasteiger partial charge is 0.252 e. The minimum absolute atomic E-state index is 0.0964. The quantitative estimate of drug-likeness (QED) is 0.115. The summed E-state index contributed by atoms with van der Waals surface area (Å²) in [6.45, 7) is 4.00. The van der Waals surface area contributed by atoms with E-state index < -0.39 is 0 Å². The number of allylic oxidation sites excluding steroid dienone is 2. The van der Waals surface area contributed by atoms with Crippen molar-refractivity contribution in [2.45, 2.75) is 0 Å². The lowest BCUT2D eigenvalue weighted by Crippen LogP contribution is -2.59. The molecule has 3 nitrogen and oxygen atoms in total. The second-order valence-electron chi connectivity index (χ2n) is 20.0. The Bertz CT molecular complexity index is 4630. The molecule has 0 amide bonds. The van der Waals surface area contributed by atoms with E-state index >= 15 is 0 Å². The van der Waals surface area contributed by atoms with Gasteiger partial charge < -0.3 is 14.0 Å². The van der Waals surface area contributed by atoms with Crippen molar-refractivity contribution >= 4 is 122 Å². The number of benzene rings is 12. The van der Waals surface area contributed by atoms with Gasteiger partial charge in [0.15, 0.2) is 0 Å². The highest BCUT2D eigenvalue weighted by molar-refractivity contribution is 7.00. The highest BCUT2D eigenvalue weighted by atomic mass is 15.2. The summed E-state index contributed by atoms with van der Waals surface area (Å²) in [5.74, 6) is 0. The molecule has 2 aromatic heterocycles. The van der Waals surface area contributed by atoms with Gasteiger partial charge in [-0.2, -0.15) is 0 Å².